The smallest absolute Gasteiger partial charge is 0.410 e. The number of ether oxygens (including phenoxy) is 1. The van der Waals surface area contributed by atoms with Crippen molar-refractivity contribution < 1.29 is 19.1 Å². The Labute approximate surface area is 132 Å². The molecule has 7 heteroatoms. The van der Waals surface area contributed by atoms with Gasteiger partial charge < -0.3 is 19.9 Å². The van der Waals surface area contributed by atoms with Crippen LogP contribution in [0.25, 0.3) is 0 Å². The molecule has 22 heavy (non-hydrogen) atoms. The summed E-state index contributed by atoms with van der Waals surface area (Å²) in [6.45, 7) is 9.41. The lowest BCUT2D eigenvalue weighted by atomic mass is 10.2. The first-order valence-corrected chi connectivity index (χ1v) is 7.79. The SMILES string of the molecule is CCCCNC(=O)C(=O)N1CCN(C(=O)OC(C)(C)C)CC1. The zero-order chi connectivity index (χ0) is 16.8. The molecule has 3 amide bonds. The Balaban J connectivity index is 2.40. The van der Waals surface area contributed by atoms with Crippen molar-refractivity contribution >= 4 is 17.9 Å². The molecule has 0 atom stereocenters. The van der Waals surface area contributed by atoms with Crippen LogP contribution in [0.4, 0.5) is 4.79 Å². The topological polar surface area (TPSA) is 79.0 Å². The van der Waals surface area contributed by atoms with E-state index in [0.29, 0.717) is 32.7 Å². The average Bonchev–Trinajstić information content (AvgIpc) is 2.45. The van der Waals surface area contributed by atoms with Gasteiger partial charge in [-0.05, 0) is 27.2 Å². The number of nitrogens with zero attached hydrogens (tertiary/aromatic N) is 2. The first-order chi connectivity index (χ1) is 10.2. The van der Waals surface area contributed by atoms with E-state index in [9.17, 15) is 14.4 Å². The molecule has 0 aromatic heterocycles. The van der Waals surface area contributed by atoms with E-state index in [-0.39, 0.29) is 6.09 Å². The number of rotatable bonds is 3. The summed E-state index contributed by atoms with van der Waals surface area (Å²) in [5.41, 5.74) is -0.538. The van der Waals surface area contributed by atoms with Crippen LogP contribution in [0.15, 0.2) is 0 Å². The number of hydrogen-bond acceptors (Lipinski definition) is 4. The van der Waals surface area contributed by atoms with Gasteiger partial charge in [-0.1, -0.05) is 13.3 Å². The number of piperazine rings is 1. The third kappa shape index (κ3) is 5.91. The molecule has 1 aliphatic heterocycles. The van der Waals surface area contributed by atoms with Crippen molar-refractivity contribution in [3.05, 3.63) is 0 Å². The fourth-order valence-corrected chi connectivity index (χ4v) is 2.02. The number of carbonyl (C=O) groups is 3. The molecule has 0 bridgehead atoms. The third-order valence-corrected chi connectivity index (χ3v) is 3.23. The lowest BCUT2D eigenvalue weighted by molar-refractivity contribution is -0.146. The maximum Gasteiger partial charge on any atom is 0.410 e. The maximum atomic E-state index is 12.0. The van der Waals surface area contributed by atoms with Gasteiger partial charge in [-0.25, -0.2) is 4.79 Å². The second-order valence-electron chi connectivity index (χ2n) is 6.37. The molecule has 126 valence electrons. The lowest BCUT2D eigenvalue weighted by Crippen LogP contribution is -2.54. The van der Waals surface area contributed by atoms with Crippen molar-refractivity contribution in [2.24, 2.45) is 0 Å². The maximum absolute atomic E-state index is 12.0. The van der Waals surface area contributed by atoms with Gasteiger partial charge in [-0.2, -0.15) is 0 Å². The molecule has 1 fully saturated rings. The first kappa shape index (κ1) is 18.3. The second-order valence-corrected chi connectivity index (χ2v) is 6.37. The quantitative estimate of drug-likeness (QED) is 0.622. The molecule has 0 saturated carbocycles. The van der Waals surface area contributed by atoms with E-state index in [1.54, 1.807) is 4.90 Å². The summed E-state index contributed by atoms with van der Waals surface area (Å²) < 4.78 is 5.29. The van der Waals surface area contributed by atoms with Crippen molar-refractivity contribution in [1.29, 1.82) is 0 Å². The normalized spacial score (nSPS) is 15.5. The molecule has 0 aromatic rings. The summed E-state index contributed by atoms with van der Waals surface area (Å²) >= 11 is 0. The van der Waals surface area contributed by atoms with Crippen molar-refractivity contribution in [1.82, 2.24) is 15.1 Å². The largest absolute Gasteiger partial charge is 0.444 e. The monoisotopic (exact) mass is 313 g/mol. The van der Waals surface area contributed by atoms with Crippen LogP contribution in [0.2, 0.25) is 0 Å². The third-order valence-electron chi connectivity index (χ3n) is 3.23. The molecule has 0 aromatic carbocycles. The molecule has 0 radical (unpaired) electrons. The molecule has 1 heterocycles. The molecule has 0 aliphatic carbocycles. The molecule has 1 N–H and O–H groups in total. The molecular weight excluding hydrogens is 286 g/mol. The zero-order valence-corrected chi connectivity index (χ0v) is 14.0. The van der Waals surface area contributed by atoms with Crippen molar-refractivity contribution in [2.75, 3.05) is 32.7 Å². The van der Waals surface area contributed by atoms with E-state index in [1.807, 2.05) is 27.7 Å². The number of carbonyl (C=O) groups excluding carboxylic acids is 3. The van der Waals surface area contributed by atoms with E-state index in [2.05, 4.69) is 5.32 Å². The molecule has 1 rings (SSSR count). The number of hydrogen-bond donors (Lipinski definition) is 1. The Kier molecular flexibility index (Phi) is 6.64. The van der Waals surface area contributed by atoms with E-state index in [4.69, 9.17) is 4.74 Å². The Hall–Kier alpha value is -1.79. The van der Waals surface area contributed by atoms with Crippen LogP contribution in [0.1, 0.15) is 40.5 Å². The Morgan fingerprint density at radius 1 is 1.05 bits per heavy atom. The van der Waals surface area contributed by atoms with Gasteiger partial charge in [0.25, 0.3) is 0 Å². The van der Waals surface area contributed by atoms with Gasteiger partial charge in [-0.15, -0.1) is 0 Å². The molecule has 0 unspecified atom stereocenters. The highest BCUT2D eigenvalue weighted by Gasteiger charge is 2.29. The highest BCUT2D eigenvalue weighted by atomic mass is 16.6. The summed E-state index contributed by atoms with van der Waals surface area (Å²) in [6, 6.07) is 0. The van der Waals surface area contributed by atoms with E-state index >= 15 is 0 Å². The van der Waals surface area contributed by atoms with Gasteiger partial charge in [0.2, 0.25) is 0 Å². The summed E-state index contributed by atoms with van der Waals surface area (Å²) in [5.74, 6) is -1.10. The summed E-state index contributed by atoms with van der Waals surface area (Å²) in [4.78, 5) is 38.6. The average molecular weight is 313 g/mol. The molecule has 0 spiro atoms. The predicted molar refractivity (Wildman–Crippen MR) is 82.3 cm³/mol. The molecule has 1 saturated heterocycles. The van der Waals surface area contributed by atoms with Gasteiger partial charge in [0, 0.05) is 32.7 Å². The lowest BCUT2D eigenvalue weighted by Gasteiger charge is -2.35. The fourth-order valence-electron chi connectivity index (χ4n) is 2.02. The van der Waals surface area contributed by atoms with Crippen LogP contribution in [0, 0.1) is 0 Å². The minimum absolute atomic E-state index is 0.347. The highest BCUT2D eigenvalue weighted by Crippen LogP contribution is 2.11. The van der Waals surface area contributed by atoms with Crippen LogP contribution in [-0.2, 0) is 14.3 Å². The molecule has 1 aliphatic rings. The van der Waals surface area contributed by atoms with E-state index in [0.717, 1.165) is 12.8 Å². The minimum atomic E-state index is -0.570. The Bertz CT molecular complexity index is 410. The standard InChI is InChI=1S/C15H27N3O4/c1-5-6-7-16-12(19)13(20)17-8-10-18(11-9-17)14(21)22-15(2,3)4/h5-11H2,1-4H3,(H,16,19). The first-order valence-electron chi connectivity index (χ1n) is 7.79. The van der Waals surface area contributed by atoms with Gasteiger partial charge in [0.15, 0.2) is 0 Å². The minimum Gasteiger partial charge on any atom is -0.444 e. The summed E-state index contributed by atoms with van der Waals surface area (Å²) in [5, 5.41) is 2.61. The van der Waals surface area contributed by atoms with Crippen LogP contribution < -0.4 is 5.32 Å². The van der Waals surface area contributed by atoms with Crippen LogP contribution >= 0.6 is 0 Å². The van der Waals surface area contributed by atoms with Crippen molar-refractivity contribution in [3.8, 4) is 0 Å². The number of unbranched alkanes of at least 4 members (excludes halogenated alkanes) is 1. The molecular formula is C15H27N3O4. The van der Waals surface area contributed by atoms with Crippen molar-refractivity contribution in [3.63, 3.8) is 0 Å². The Morgan fingerprint density at radius 2 is 1.59 bits per heavy atom. The zero-order valence-electron chi connectivity index (χ0n) is 14.0. The molecule has 7 nitrogen and oxygen atoms in total. The summed E-state index contributed by atoms with van der Waals surface area (Å²) in [6.07, 6.45) is 1.43. The number of nitrogens with one attached hydrogen (secondary N) is 1. The van der Waals surface area contributed by atoms with Crippen LogP contribution in [0.5, 0.6) is 0 Å². The van der Waals surface area contributed by atoms with Crippen molar-refractivity contribution in [2.45, 2.75) is 46.1 Å². The van der Waals surface area contributed by atoms with Gasteiger partial charge >= 0.3 is 17.9 Å². The van der Waals surface area contributed by atoms with Gasteiger partial charge in [0.05, 0.1) is 0 Å². The van der Waals surface area contributed by atoms with Gasteiger partial charge in [0.1, 0.15) is 5.60 Å². The predicted octanol–water partition coefficient (Wildman–Crippen LogP) is 0.982. The van der Waals surface area contributed by atoms with Crippen LogP contribution in [0.3, 0.4) is 0 Å². The fraction of sp³-hybridized carbons (Fsp3) is 0.800. The number of amides is 3. The van der Waals surface area contributed by atoms with Gasteiger partial charge in [-0.3, -0.25) is 9.59 Å². The van der Waals surface area contributed by atoms with E-state index in [1.165, 1.54) is 4.90 Å². The highest BCUT2D eigenvalue weighted by molar-refractivity contribution is 6.35. The summed E-state index contributed by atoms with van der Waals surface area (Å²) in [7, 11) is 0. The Morgan fingerprint density at radius 3 is 2.09 bits per heavy atom. The van der Waals surface area contributed by atoms with Crippen LogP contribution in [-0.4, -0.2) is 66.0 Å². The van der Waals surface area contributed by atoms with E-state index < -0.39 is 17.4 Å². The second kappa shape index (κ2) is 8.00.